The number of aliphatic hydroxyl groups is 1. The highest BCUT2D eigenvalue weighted by Crippen LogP contribution is 2.32. The summed E-state index contributed by atoms with van der Waals surface area (Å²) in [6.45, 7) is 3.33. The summed E-state index contributed by atoms with van der Waals surface area (Å²) in [7, 11) is 0. The summed E-state index contributed by atoms with van der Waals surface area (Å²) >= 11 is 1.21. The molecule has 90 valence electrons. The second-order valence-electron chi connectivity index (χ2n) is 3.60. The van der Waals surface area contributed by atoms with Crippen molar-refractivity contribution in [3.8, 4) is 0 Å². The van der Waals surface area contributed by atoms with Crippen molar-refractivity contribution in [2.75, 3.05) is 0 Å². The van der Waals surface area contributed by atoms with Gasteiger partial charge in [-0.25, -0.2) is 9.37 Å². The third kappa shape index (κ3) is 2.50. The van der Waals surface area contributed by atoms with Gasteiger partial charge in [0, 0.05) is 10.5 Å². The number of rotatable bonds is 3. The van der Waals surface area contributed by atoms with Gasteiger partial charge in [-0.15, -0.1) is 0 Å². The molecule has 0 saturated carbocycles. The first-order valence-electron chi connectivity index (χ1n) is 5.12. The Kier molecular flexibility index (Phi) is 3.49. The number of oxazole rings is 1. The SMILES string of the molecule is Cc1nc(Sc2cccc(F)c2CO)oc1C. The second-order valence-corrected chi connectivity index (χ2v) is 4.59. The molecule has 0 spiro atoms. The van der Waals surface area contributed by atoms with E-state index in [0.29, 0.717) is 10.1 Å². The van der Waals surface area contributed by atoms with Crippen molar-refractivity contribution in [3.05, 3.63) is 41.0 Å². The molecular formula is C12H12FNO2S. The van der Waals surface area contributed by atoms with Gasteiger partial charge in [0.15, 0.2) is 0 Å². The number of aliphatic hydroxyl groups excluding tert-OH is 1. The quantitative estimate of drug-likeness (QED) is 0.913. The highest BCUT2D eigenvalue weighted by atomic mass is 32.2. The number of aryl methyl sites for hydroxylation is 2. The van der Waals surface area contributed by atoms with Crippen LogP contribution in [0.1, 0.15) is 17.0 Å². The minimum absolute atomic E-state index is 0.269. The van der Waals surface area contributed by atoms with Gasteiger partial charge in [-0.1, -0.05) is 6.07 Å². The van der Waals surface area contributed by atoms with Crippen LogP contribution in [0.4, 0.5) is 4.39 Å². The van der Waals surface area contributed by atoms with E-state index in [-0.39, 0.29) is 12.2 Å². The summed E-state index contributed by atoms with van der Waals surface area (Å²) in [6, 6.07) is 4.65. The van der Waals surface area contributed by atoms with Gasteiger partial charge in [-0.2, -0.15) is 0 Å². The summed E-state index contributed by atoms with van der Waals surface area (Å²) in [4.78, 5) is 4.82. The van der Waals surface area contributed by atoms with Gasteiger partial charge >= 0.3 is 0 Å². The minimum atomic E-state index is -0.419. The van der Waals surface area contributed by atoms with Crippen molar-refractivity contribution in [2.24, 2.45) is 0 Å². The van der Waals surface area contributed by atoms with E-state index < -0.39 is 5.82 Å². The molecule has 2 aromatic rings. The maximum Gasteiger partial charge on any atom is 0.261 e. The van der Waals surface area contributed by atoms with Gasteiger partial charge in [0.1, 0.15) is 11.6 Å². The molecule has 1 aromatic carbocycles. The van der Waals surface area contributed by atoms with E-state index in [1.165, 1.54) is 17.8 Å². The Hall–Kier alpha value is -1.33. The van der Waals surface area contributed by atoms with E-state index in [0.717, 1.165) is 11.5 Å². The molecule has 0 atom stereocenters. The Morgan fingerprint density at radius 2 is 2.18 bits per heavy atom. The van der Waals surface area contributed by atoms with E-state index >= 15 is 0 Å². The Morgan fingerprint density at radius 3 is 2.76 bits per heavy atom. The Labute approximate surface area is 103 Å². The van der Waals surface area contributed by atoms with E-state index in [1.54, 1.807) is 12.1 Å². The van der Waals surface area contributed by atoms with Crippen molar-refractivity contribution in [2.45, 2.75) is 30.6 Å². The van der Waals surface area contributed by atoms with E-state index in [4.69, 9.17) is 9.52 Å². The first kappa shape index (κ1) is 12.1. The summed E-state index contributed by atoms with van der Waals surface area (Å²) in [6.07, 6.45) is 0. The van der Waals surface area contributed by atoms with Crippen molar-refractivity contribution in [1.82, 2.24) is 4.98 Å². The third-order valence-corrected chi connectivity index (χ3v) is 3.39. The van der Waals surface area contributed by atoms with Crippen LogP contribution in [0.2, 0.25) is 0 Å². The Balaban J connectivity index is 2.32. The first-order valence-corrected chi connectivity index (χ1v) is 5.93. The molecule has 0 fully saturated rings. The predicted octanol–water partition coefficient (Wildman–Crippen LogP) is 3.07. The van der Waals surface area contributed by atoms with Crippen molar-refractivity contribution >= 4 is 11.8 Å². The molecule has 0 radical (unpaired) electrons. The van der Waals surface area contributed by atoms with Crippen molar-refractivity contribution in [3.63, 3.8) is 0 Å². The molecule has 0 aliphatic rings. The summed E-state index contributed by atoms with van der Waals surface area (Å²) in [5.74, 6) is 0.326. The van der Waals surface area contributed by atoms with Crippen LogP contribution in [0.15, 0.2) is 32.7 Å². The number of halogens is 1. The maximum absolute atomic E-state index is 13.4. The molecule has 0 bridgehead atoms. The number of aromatic nitrogens is 1. The second kappa shape index (κ2) is 4.89. The third-order valence-electron chi connectivity index (χ3n) is 2.44. The van der Waals surface area contributed by atoms with Gasteiger partial charge in [-0.3, -0.25) is 0 Å². The summed E-state index contributed by atoms with van der Waals surface area (Å²) in [5.41, 5.74) is 1.08. The largest absolute Gasteiger partial charge is 0.436 e. The van der Waals surface area contributed by atoms with Crippen molar-refractivity contribution in [1.29, 1.82) is 0 Å². The summed E-state index contributed by atoms with van der Waals surface area (Å²) in [5, 5.41) is 9.59. The molecule has 0 saturated heterocycles. The molecule has 0 aliphatic heterocycles. The van der Waals surface area contributed by atoms with Gasteiger partial charge in [-0.05, 0) is 37.7 Å². The van der Waals surface area contributed by atoms with Gasteiger partial charge in [0.05, 0.1) is 12.3 Å². The normalized spacial score (nSPS) is 10.8. The zero-order valence-corrected chi connectivity index (χ0v) is 10.3. The monoisotopic (exact) mass is 253 g/mol. The lowest BCUT2D eigenvalue weighted by atomic mass is 10.2. The molecule has 2 rings (SSSR count). The van der Waals surface area contributed by atoms with E-state index in [9.17, 15) is 4.39 Å². The first-order chi connectivity index (χ1) is 8.11. The number of benzene rings is 1. The smallest absolute Gasteiger partial charge is 0.261 e. The van der Waals surface area contributed by atoms with E-state index in [1.807, 2.05) is 13.8 Å². The fraction of sp³-hybridized carbons (Fsp3) is 0.250. The van der Waals surface area contributed by atoms with Gasteiger partial charge in [0.25, 0.3) is 5.22 Å². The Morgan fingerprint density at radius 1 is 1.41 bits per heavy atom. The van der Waals surface area contributed by atoms with Crippen molar-refractivity contribution < 1.29 is 13.9 Å². The number of nitrogens with zero attached hydrogens (tertiary/aromatic N) is 1. The van der Waals surface area contributed by atoms with Crippen LogP contribution in [0.3, 0.4) is 0 Å². The summed E-state index contributed by atoms with van der Waals surface area (Å²) < 4.78 is 18.8. The standard InChI is InChI=1S/C12H12FNO2S/c1-7-8(2)16-12(14-7)17-11-5-3-4-10(13)9(11)6-15/h3-5,15H,6H2,1-2H3. The lowest BCUT2D eigenvalue weighted by Gasteiger charge is -2.05. The fourth-order valence-corrected chi connectivity index (χ4v) is 2.34. The van der Waals surface area contributed by atoms with Crippen LogP contribution in [0.25, 0.3) is 0 Å². The van der Waals surface area contributed by atoms with Crippen LogP contribution in [0, 0.1) is 19.7 Å². The zero-order chi connectivity index (χ0) is 12.4. The molecule has 0 amide bonds. The molecule has 3 nitrogen and oxygen atoms in total. The predicted molar refractivity (Wildman–Crippen MR) is 62.4 cm³/mol. The molecule has 1 aromatic heterocycles. The zero-order valence-electron chi connectivity index (χ0n) is 9.53. The van der Waals surface area contributed by atoms with Gasteiger partial charge in [0.2, 0.25) is 0 Å². The molecule has 1 N–H and O–H groups in total. The lowest BCUT2D eigenvalue weighted by Crippen LogP contribution is -1.92. The van der Waals surface area contributed by atoms with Crippen LogP contribution in [-0.2, 0) is 6.61 Å². The van der Waals surface area contributed by atoms with Crippen LogP contribution < -0.4 is 0 Å². The molecule has 1 heterocycles. The highest BCUT2D eigenvalue weighted by Gasteiger charge is 2.12. The van der Waals surface area contributed by atoms with E-state index in [2.05, 4.69) is 4.98 Å². The molecular weight excluding hydrogens is 241 g/mol. The number of hydrogen-bond donors (Lipinski definition) is 1. The molecule has 5 heteroatoms. The minimum Gasteiger partial charge on any atom is -0.436 e. The fourth-order valence-electron chi connectivity index (χ4n) is 1.37. The van der Waals surface area contributed by atoms with Crippen LogP contribution in [0.5, 0.6) is 0 Å². The number of hydrogen-bond acceptors (Lipinski definition) is 4. The van der Waals surface area contributed by atoms with Gasteiger partial charge < -0.3 is 9.52 Å². The molecule has 17 heavy (non-hydrogen) atoms. The molecule has 0 aliphatic carbocycles. The van der Waals surface area contributed by atoms with Crippen LogP contribution in [-0.4, -0.2) is 10.1 Å². The average molecular weight is 253 g/mol. The topological polar surface area (TPSA) is 46.3 Å². The molecule has 0 unspecified atom stereocenters. The van der Waals surface area contributed by atoms with Crippen LogP contribution >= 0.6 is 11.8 Å². The maximum atomic E-state index is 13.4. The lowest BCUT2D eigenvalue weighted by molar-refractivity contribution is 0.272. The highest BCUT2D eigenvalue weighted by molar-refractivity contribution is 7.99. The Bertz CT molecular complexity index is 520. The average Bonchev–Trinajstić information content (AvgIpc) is 2.58.